The Labute approximate surface area is 183 Å². The number of aliphatic carboxylic acids is 2. The summed E-state index contributed by atoms with van der Waals surface area (Å²) in [6.07, 6.45) is -11.8. The van der Waals surface area contributed by atoms with Gasteiger partial charge in [0.1, 0.15) is 0 Å². The molecule has 0 unspecified atom stereocenters. The molecule has 34 heavy (non-hydrogen) atoms. The summed E-state index contributed by atoms with van der Waals surface area (Å²) < 4.78 is 127. The second-order valence-corrected chi connectivity index (χ2v) is 6.08. The Morgan fingerprint density at radius 3 is 0.971 bits per heavy atom. The van der Waals surface area contributed by atoms with Crippen LogP contribution in [0.5, 0.6) is 0 Å². The summed E-state index contributed by atoms with van der Waals surface area (Å²) in [6.45, 7) is 0. The number of anilines is 2. The highest BCUT2D eigenvalue weighted by molar-refractivity contribution is 5.82. The van der Waals surface area contributed by atoms with Crippen molar-refractivity contribution in [3.05, 3.63) is 60.7 Å². The van der Waals surface area contributed by atoms with Crippen LogP contribution in [0.25, 0.3) is 0 Å². The third-order valence-corrected chi connectivity index (χ3v) is 3.82. The van der Waals surface area contributed by atoms with E-state index in [0.717, 1.165) is 48.5 Å². The first kappa shape index (κ1) is 28.3. The molecule has 0 aliphatic rings. The molecule has 2 aromatic carbocycles. The second-order valence-electron chi connectivity index (χ2n) is 6.08. The summed E-state index contributed by atoms with van der Waals surface area (Å²) in [7, 11) is 0. The Bertz CT molecular complexity index is 895. The third kappa shape index (κ3) is 5.43. The minimum absolute atomic E-state index is 0.809. The Kier molecular flexibility index (Phi) is 8.37. The van der Waals surface area contributed by atoms with Crippen molar-refractivity contribution in [2.75, 3.05) is 10.2 Å². The van der Waals surface area contributed by atoms with Crippen LogP contribution in [0.4, 0.5) is 55.5 Å². The Hall–Kier alpha value is -3.72. The molecule has 2 rings (SSSR count). The first-order valence-electron chi connectivity index (χ1n) is 8.42. The topological polar surface area (TPSA) is 81.1 Å². The molecule has 0 saturated heterocycles. The van der Waals surface area contributed by atoms with Gasteiger partial charge in [0.2, 0.25) is 0 Å². The minimum Gasteiger partial charge on any atom is -0.477 e. The van der Waals surface area contributed by atoms with Crippen LogP contribution in [0.2, 0.25) is 0 Å². The van der Waals surface area contributed by atoms with Crippen molar-refractivity contribution in [3.8, 4) is 0 Å². The first-order chi connectivity index (χ1) is 15.4. The second kappa shape index (κ2) is 10.0. The van der Waals surface area contributed by atoms with E-state index in [-0.39, 0.29) is 0 Å². The Morgan fingerprint density at radius 2 is 0.794 bits per heavy atom. The number of alkyl halides is 8. The highest BCUT2D eigenvalue weighted by Gasteiger charge is 2.69. The molecule has 188 valence electrons. The number of rotatable bonds is 6. The lowest BCUT2D eigenvalue weighted by atomic mass is 10.2. The molecule has 0 heterocycles. The number of carboxylic acids is 2. The number of benzene rings is 2. The fourth-order valence-electron chi connectivity index (χ4n) is 2.11. The number of para-hydroxylation sites is 2. The zero-order valence-corrected chi connectivity index (χ0v) is 16.2. The van der Waals surface area contributed by atoms with Gasteiger partial charge in [-0.1, -0.05) is 45.4 Å². The van der Waals surface area contributed by atoms with E-state index in [1.54, 1.807) is 0 Å². The van der Waals surface area contributed by atoms with Gasteiger partial charge in [-0.2, -0.15) is 45.4 Å². The maximum atomic E-state index is 13.3. The zero-order chi connectivity index (χ0) is 26.5. The summed E-state index contributed by atoms with van der Waals surface area (Å²) >= 11 is 0. The van der Waals surface area contributed by atoms with E-state index >= 15 is 0 Å². The lowest BCUT2D eigenvalue weighted by Gasteiger charge is -2.29. The van der Waals surface area contributed by atoms with E-state index in [2.05, 4.69) is 0 Å². The van der Waals surface area contributed by atoms with Gasteiger partial charge in [0.15, 0.2) is 0 Å². The van der Waals surface area contributed by atoms with Crippen LogP contribution in [0.1, 0.15) is 0 Å². The van der Waals surface area contributed by atoms with E-state index in [1.807, 2.05) is 0 Å². The first-order valence-corrected chi connectivity index (χ1v) is 8.42. The molecule has 16 heteroatoms. The van der Waals surface area contributed by atoms with Crippen molar-refractivity contribution in [3.63, 3.8) is 0 Å². The third-order valence-electron chi connectivity index (χ3n) is 3.82. The molecular formula is C18H12F10N2O4. The number of hydrogen-bond donors (Lipinski definition) is 2. The maximum Gasteiger partial charge on any atom is 0.456 e. The zero-order valence-electron chi connectivity index (χ0n) is 16.2. The van der Waals surface area contributed by atoms with E-state index in [4.69, 9.17) is 10.2 Å². The van der Waals surface area contributed by atoms with Gasteiger partial charge in [-0.05, 0) is 24.3 Å². The molecule has 0 aliphatic carbocycles. The van der Waals surface area contributed by atoms with Gasteiger partial charge >= 0.3 is 35.9 Å². The van der Waals surface area contributed by atoms with Crippen molar-refractivity contribution in [2.24, 2.45) is 0 Å². The van der Waals surface area contributed by atoms with Crippen LogP contribution >= 0.6 is 0 Å². The molecule has 2 atom stereocenters. The Morgan fingerprint density at radius 1 is 0.559 bits per heavy atom. The number of nitrogens with zero attached hydrogens (tertiary/aromatic N) is 2. The molecule has 2 N–H and O–H groups in total. The maximum absolute atomic E-state index is 13.3. The van der Waals surface area contributed by atoms with E-state index in [9.17, 15) is 53.7 Å². The summed E-state index contributed by atoms with van der Waals surface area (Å²) in [4.78, 5) is 20.6. The van der Waals surface area contributed by atoms with Gasteiger partial charge in [0.25, 0.3) is 0 Å². The van der Waals surface area contributed by atoms with Crippen LogP contribution < -0.4 is 10.2 Å². The summed E-state index contributed by atoms with van der Waals surface area (Å²) in [6, 6.07) is 10.5. The molecule has 0 bridgehead atoms. The van der Waals surface area contributed by atoms with E-state index in [1.165, 1.54) is 12.1 Å². The van der Waals surface area contributed by atoms with Crippen molar-refractivity contribution in [1.29, 1.82) is 0 Å². The van der Waals surface area contributed by atoms with Gasteiger partial charge in [0, 0.05) is 0 Å². The molecule has 2 aromatic rings. The molecule has 0 aliphatic heterocycles. The van der Waals surface area contributed by atoms with Crippen LogP contribution in [-0.2, 0) is 9.59 Å². The van der Waals surface area contributed by atoms with Gasteiger partial charge in [-0.3, -0.25) is 0 Å². The fraction of sp³-hybridized carbons (Fsp3) is 0.222. The quantitative estimate of drug-likeness (QED) is 0.309. The average Bonchev–Trinajstić information content (AvgIpc) is 2.76. The predicted molar refractivity (Wildman–Crippen MR) is 95.1 cm³/mol. The van der Waals surface area contributed by atoms with Gasteiger partial charge < -0.3 is 10.2 Å². The van der Waals surface area contributed by atoms with Crippen LogP contribution in [0.15, 0.2) is 60.7 Å². The summed E-state index contributed by atoms with van der Waals surface area (Å²) in [5.41, 5.74) is -1.70. The van der Waals surface area contributed by atoms with Gasteiger partial charge in [0.05, 0.1) is 11.4 Å². The van der Waals surface area contributed by atoms with Crippen molar-refractivity contribution in [1.82, 2.24) is 0 Å². The highest BCUT2D eigenvalue weighted by Crippen LogP contribution is 2.41. The normalized spacial score (nSPS) is 15.1. The van der Waals surface area contributed by atoms with Crippen molar-refractivity contribution in [2.45, 2.75) is 23.9 Å². The highest BCUT2D eigenvalue weighted by atomic mass is 19.4. The molecule has 0 spiro atoms. The van der Waals surface area contributed by atoms with Crippen molar-refractivity contribution >= 4 is 23.3 Å². The Balaban J connectivity index is 0.000000340. The van der Waals surface area contributed by atoms with Crippen LogP contribution in [-0.4, -0.2) is 46.1 Å². The smallest absolute Gasteiger partial charge is 0.456 e. The van der Waals surface area contributed by atoms with E-state index < -0.39 is 57.5 Å². The van der Waals surface area contributed by atoms with Crippen LogP contribution in [0, 0.1) is 0 Å². The van der Waals surface area contributed by atoms with Gasteiger partial charge in [-0.15, -0.1) is 0 Å². The SMILES string of the molecule is O=C(O)[C@@](F)(N(F)c1ccccc1)C(F)(F)F.O=C(O)[C@@](F)(N(F)c1ccccc1)C(F)(F)F. The molecule has 0 fully saturated rings. The lowest BCUT2D eigenvalue weighted by Crippen LogP contribution is -2.58. The van der Waals surface area contributed by atoms with Crippen LogP contribution in [0.3, 0.4) is 0 Å². The largest absolute Gasteiger partial charge is 0.477 e. The number of hydrogen-bond acceptors (Lipinski definition) is 4. The predicted octanol–water partition coefficient (Wildman–Crippen LogP) is 5.38. The number of carbonyl (C=O) groups is 2. The molecule has 0 amide bonds. The monoisotopic (exact) mass is 510 g/mol. The average molecular weight is 510 g/mol. The standard InChI is InChI=1S/2C9H6F5NO2/c2*10-8(7(16)17,9(11,12)13)15(14)6-4-2-1-3-5-6/h2*1-5H,(H,16,17)/t2*8-/m11/s1. The molecule has 0 aromatic heterocycles. The van der Waals surface area contributed by atoms with Crippen molar-refractivity contribution < 1.29 is 63.9 Å². The molecular weight excluding hydrogens is 498 g/mol. The molecule has 6 nitrogen and oxygen atoms in total. The fourth-order valence-corrected chi connectivity index (χ4v) is 2.11. The molecule has 0 saturated carbocycles. The van der Waals surface area contributed by atoms with E-state index in [0.29, 0.717) is 0 Å². The minimum atomic E-state index is -5.91. The summed E-state index contributed by atoms with van der Waals surface area (Å²) in [5.74, 6) is -16.2. The summed E-state index contributed by atoms with van der Waals surface area (Å²) in [5, 5.41) is 13.5. The number of halogens is 10. The molecule has 0 radical (unpaired) electrons. The lowest BCUT2D eigenvalue weighted by molar-refractivity contribution is -0.245. The van der Waals surface area contributed by atoms with Gasteiger partial charge in [-0.25, -0.2) is 9.59 Å². The number of carboxylic acid groups (broad SMARTS) is 2.